The van der Waals surface area contributed by atoms with Gasteiger partial charge in [-0.15, -0.1) is 0 Å². The molecule has 0 aromatic heterocycles. The number of carbonyl (C=O) groups is 1. The molecule has 21 heavy (non-hydrogen) atoms. The Morgan fingerprint density at radius 1 is 1.05 bits per heavy atom. The van der Waals surface area contributed by atoms with Crippen LogP contribution in [0.4, 0.5) is 4.79 Å². The maximum Gasteiger partial charge on any atom is 0.410 e. The van der Waals surface area contributed by atoms with Gasteiger partial charge in [0.15, 0.2) is 0 Å². The first kappa shape index (κ1) is 16.5. The van der Waals surface area contributed by atoms with Gasteiger partial charge in [0.2, 0.25) is 10.0 Å². The minimum Gasteiger partial charge on any atom is -0.444 e. The van der Waals surface area contributed by atoms with Crippen molar-refractivity contribution in [3.63, 3.8) is 0 Å². The number of carbonyl (C=O) groups excluding carboxylic acids is 1. The monoisotopic (exact) mass is 318 g/mol. The Morgan fingerprint density at radius 2 is 1.57 bits per heavy atom. The lowest BCUT2D eigenvalue weighted by Crippen LogP contribution is -2.53. The van der Waals surface area contributed by atoms with E-state index in [2.05, 4.69) is 0 Å². The molecule has 0 bridgehead atoms. The highest BCUT2D eigenvalue weighted by atomic mass is 32.2. The summed E-state index contributed by atoms with van der Waals surface area (Å²) in [4.78, 5) is 13.6. The molecule has 7 heteroatoms. The molecule has 0 unspecified atom stereocenters. The van der Waals surface area contributed by atoms with E-state index in [1.165, 1.54) is 0 Å². The maximum absolute atomic E-state index is 12.5. The third-order valence-corrected chi connectivity index (χ3v) is 6.37. The molecule has 2 rings (SSSR count). The molecule has 0 atom stereocenters. The van der Waals surface area contributed by atoms with Crippen LogP contribution >= 0.6 is 0 Å². The van der Waals surface area contributed by atoms with E-state index in [0.717, 1.165) is 25.7 Å². The summed E-state index contributed by atoms with van der Waals surface area (Å²) in [6.45, 7) is 7.03. The first-order valence-electron chi connectivity index (χ1n) is 7.67. The van der Waals surface area contributed by atoms with Gasteiger partial charge < -0.3 is 9.64 Å². The van der Waals surface area contributed by atoms with Crippen LogP contribution in [0, 0.1) is 0 Å². The largest absolute Gasteiger partial charge is 0.444 e. The van der Waals surface area contributed by atoms with Crippen molar-refractivity contribution in [1.82, 2.24) is 9.21 Å². The quantitative estimate of drug-likeness (QED) is 0.779. The topological polar surface area (TPSA) is 66.9 Å². The lowest BCUT2D eigenvalue weighted by Gasteiger charge is -2.36. The van der Waals surface area contributed by atoms with Crippen molar-refractivity contribution in [3.8, 4) is 0 Å². The Kier molecular flexibility index (Phi) is 4.82. The molecule has 2 aliphatic rings. The van der Waals surface area contributed by atoms with Gasteiger partial charge in [0.1, 0.15) is 5.60 Å². The number of hydrogen-bond acceptors (Lipinski definition) is 4. The summed E-state index contributed by atoms with van der Waals surface area (Å²) in [7, 11) is -3.19. The first-order chi connectivity index (χ1) is 9.70. The highest BCUT2D eigenvalue weighted by Gasteiger charge is 2.37. The van der Waals surface area contributed by atoms with E-state index < -0.39 is 15.6 Å². The van der Waals surface area contributed by atoms with Gasteiger partial charge in [-0.1, -0.05) is 12.8 Å². The molecule has 6 nitrogen and oxygen atoms in total. The zero-order chi connectivity index (χ0) is 15.7. The van der Waals surface area contributed by atoms with E-state index in [1.54, 1.807) is 9.21 Å². The Bertz CT molecular complexity index is 470. The third kappa shape index (κ3) is 4.10. The van der Waals surface area contributed by atoms with Crippen LogP contribution in [-0.4, -0.2) is 60.7 Å². The molecule has 0 radical (unpaired) electrons. The van der Waals surface area contributed by atoms with E-state index in [-0.39, 0.29) is 11.3 Å². The van der Waals surface area contributed by atoms with Gasteiger partial charge in [0.25, 0.3) is 0 Å². The number of hydrogen-bond donors (Lipinski definition) is 0. The molecule has 1 aliphatic carbocycles. The van der Waals surface area contributed by atoms with Crippen molar-refractivity contribution in [3.05, 3.63) is 0 Å². The van der Waals surface area contributed by atoms with Crippen LogP contribution < -0.4 is 0 Å². The average molecular weight is 318 g/mol. The van der Waals surface area contributed by atoms with Crippen LogP contribution in [0.2, 0.25) is 0 Å². The number of sulfonamides is 1. The van der Waals surface area contributed by atoms with Crippen LogP contribution in [0.3, 0.4) is 0 Å². The molecule has 1 heterocycles. The molecule has 0 aromatic carbocycles. The van der Waals surface area contributed by atoms with Crippen LogP contribution in [0.5, 0.6) is 0 Å². The molecule has 2 fully saturated rings. The lowest BCUT2D eigenvalue weighted by atomic mass is 10.2. The molecule has 0 N–H and O–H groups in total. The normalized spacial score (nSPS) is 22.5. The molecule has 1 saturated carbocycles. The highest BCUT2D eigenvalue weighted by Crippen LogP contribution is 2.27. The minimum atomic E-state index is -3.19. The summed E-state index contributed by atoms with van der Waals surface area (Å²) in [6, 6.07) is 0. The van der Waals surface area contributed by atoms with Crippen LogP contribution in [0.15, 0.2) is 0 Å². The van der Waals surface area contributed by atoms with Crippen LogP contribution in [-0.2, 0) is 14.8 Å². The van der Waals surface area contributed by atoms with E-state index in [0.29, 0.717) is 26.2 Å². The Hall–Kier alpha value is -0.820. The van der Waals surface area contributed by atoms with E-state index in [1.807, 2.05) is 20.8 Å². The maximum atomic E-state index is 12.5. The number of piperazine rings is 1. The van der Waals surface area contributed by atoms with Crippen LogP contribution in [0.1, 0.15) is 46.5 Å². The Labute approximate surface area is 127 Å². The molecule has 0 aromatic rings. The van der Waals surface area contributed by atoms with Gasteiger partial charge in [-0.2, -0.15) is 4.31 Å². The summed E-state index contributed by atoms with van der Waals surface area (Å²) in [5.74, 6) is 0. The summed E-state index contributed by atoms with van der Waals surface area (Å²) < 4.78 is 31.8. The SMILES string of the molecule is CC(C)(C)OC(=O)N1CCN(S(=O)(=O)C2CCCC2)CC1. The van der Waals surface area contributed by atoms with Crippen molar-refractivity contribution < 1.29 is 17.9 Å². The molecular weight excluding hydrogens is 292 g/mol. The highest BCUT2D eigenvalue weighted by molar-refractivity contribution is 7.89. The Morgan fingerprint density at radius 3 is 2.05 bits per heavy atom. The second kappa shape index (κ2) is 6.12. The summed E-state index contributed by atoms with van der Waals surface area (Å²) in [6.07, 6.45) is 3.19. The summed E-state index contributed by atoms with van der Waals surface area (Å²) in [5.41, 5.74) is -0.524. The predicted octanol–water partition coefficient (Wildman–Crippen LogP) is 1.81. The first-order valence-corrected chi connectivity index (χ1v) is 9.17. The molecule has 122 valence electrons. The third-order valence-electron chi connectivity index (χ3n) is 3.97. The Balaban J connectivity index is 1.89. The second-order valence-corrected chi connectivity index (χ2v) is 9.03. The number of rotatable bonds is 2. The van der Waals surface area contributed by atoms with Gasteiger partial charge in [-0.25, -0.2) is 13.2 Å². The zero-order valence-electron chi connectivity index (χ0n) is 13.2. The molecule has 1 amide bonds. The average Bonchev–Trinajstić information content (AvgIpc) is 2.91. The fourth-order valence-corrected chi connectivity index (χ4v) is 4.87. The standard InChI is InChI=1S/C14H26N2O4S/c1-14(2,3)20-13(17)15-8-10-16(11-9-15)21(18,19)12-6-4-5-7-12/h12H,4-11H2,1-3H3. The summed E-state index contributed by atoms with van der Waals surface area (Å²) >= 11 is 0. The smallest absolute Gasteiger partial charge is 0.410 e. The fourth-order valence-electron chi connectivity index (χ4n) is 2.85. The van der Waals surface area contributed by atoms with Crippen molar-refractivity contribution in [1.29, 1.82) is 0 Å². The van der Waals surface area contributed by atoms with Crippen molar-refractivity contribution >= 4 is 16.1 Å². The molecule has 1 saturated heterocycles. The van der Waals surface area contributed by atoms with Crippen LogP contribution in [0.25, 0.3) is 0 Å². The van der Waals surface area contributed by atoms with E-state index in [9.17, 15) is 13.2 Å². The summed E-state index contributed by atoms with van der Waals surface area (Å²) in [5, 5.41) is -0.217. The van der Waals surface area contributed by atoms with Gasteiger partial charge in [0, 0.05) is 26.2 Å². The van der Waals surface area contributed by atoms with E-state index in [4.69, 9.17) is 4.74 Å². The molecular formula is C14H26N2O4S. The van der Waals surface area contributed by atoms with Gasteiger partial charge >= 0.3 is 6.09 Å². The van der Waals surface area contributed by atoms with Gasteiger partial charge in [0.05, 0.1) is 5.25 Å². The lowest BCUT2D eigenvalue weighted by molar-refractivity contribution is 0.0192. The minimum absolute atomic E-state index is 0.217. The van der Waals surface area contributed by atoms with Crippen molar-refractivity contribution in [2.45, 2.75) is 57.3 Å². The molecule has 1 aliphatic heterocycles. The zero-order valence-corrected chi connectivity index (χ0v) is 14.0. The second-order valence-electron chi connectivity index (χ2n) is 6.82. The van der Waals surface area contributed by atoms with E-state index >= 15 is 0 Å². The number of ether oxygens (including phenoxy) is 1. The number of nitrogens with zero attached hydrogens (tertiary/aromatic N) is 2. The molecule has 0 spiro atoms. The van der Waals surface area contributed by atoms with Gasteiger partial charge in [-0.05, 0) is 33.6 Å². The number of amides is 1. The van der Waals surface area contributed by atoms with Gasteiger partial charge in [-0.3, -0.25) is 0 Å². The van der Waals surface area contributed by atoms with Crippen molar-refractivity contribution in [2.75, 3.05) is 26.2 Å². The fraction of sp³-hybridized carbons (Fsp3) is 0.929. The van der Waals surface area contributed by atoms with Crippen molar-refractivity contribution in [2.24, 2.45) is 0 Å². The predicted molar refractivity (Wildman–Crippen MR) is 80.6 cm³/mol.